The average molecular weight is 253 g/mol. The van der Waals surface area contributed by atoms with Crippen LogP contribution in [0, 0.1) is 10.1 Å². The Morgan fingerprint density at radius 1 is 1.59 bits per heavy atom. The van der Waals surface area contributed by atoms with Crippen LogP contribution in [-0.2, 0) is 18.4 Å². The number of aryl methyl sites for hydroxylation is 1. The largest absolute Gasteiger partial charge is 0.391 e. The molecule has 0 amide bonds. The minimum Gasteiger partial charge on any atom is -0.375 e. The molecule has 0 saturated heterocycles. The molecular weight excluding hydrogens is 243 g/mol. The van der Waals surface area contributed by atoms with Crippen LogP contribution < -0.4 is 0 Å². The first kappa shape index (κ1) is 13.4. The van der Waals surface area contributed by atoms with Gasteiger partial charge >= 0.3 is 12.0 Å². The molecule has 0 radical (unpaired) electrons. The van der Waals surface area contributed by atoms with Crippen molar-refractivity contribution in [3.8, 4) is 0 Å². The van der Waals surface area contributed by atoms with E-state index < -0.39 is 24.1 Å². The molecule has 0 aliphatic heterocycles. The van der Waals surface area contributed by atoms with Gasteiger partial charge in [0.25, 0.3) is 0 Å². The molecule has 1 aromatic heterocycles. The lowest BCUT2D eigenvalue weighted by molar-refractivity contribution is -0.389. The molecule has 0 aliphatic rings. The van der Waals surface area contributed by atoms with Crippen LogP contribution in [-0.4, -0.2) is 27.5 Å². The van der Waals surface area contributed by atoms with Crippen molar-refractivity contribution in [1.82, 2.24) is 9.78 Å². The molecule has 0 fully saturated rings. The van der Waals surface area contributed by atoms with Gasteiger partial charge < -0.3 is 14.9 Å². The fourth-order valence-corrected chi connectivity index (χ4v) is 1.08. The molecule has 0 aromatic carbocycles. The van der Waals surface area contributed by atoms with E-state index in [4.69, 9.17) is 4.74 Å². The van der Waals surface area contributed by atoms with E-state index in [1.165, 1.54) is 11.7 Å². The number of ether oxygens (including phenoxy) is 1. The molecule has 6 nitrogen and oxygen atoms in total. The number of hydrogen-bond donors (Lipinski definition) is 0. The van der Waals surface area contributed by atoms with Crippen LogP contribution in [0.5, 0.6) is 0 Å². The molecule has 0 unspecified atom stereocenters. The predicted molar refractivity (Wildman–Crippen MR) is 50.2 cm³/mol. The molecule has 17 heavy (non-hydrogen) atoms. The highest BCUT2D eigenvalue weighted by molar-refractivity contribution is 5.21. The zero-order valence-electron chi connectivity index (χ0n) is 8.90. The van der Waals surface area contributed by atoms with Gasteiger partial charge in [-0.15, -0.1) is 0 Å². The second kappa shape index (κ2) is 5.13. The summed E-state index contributed by atoms with van der Waals surface area (Å²) in [6, 6.07) is 1.16. The number of halogens is 3. The smallest absolute Gasteiger partial charge is 0.375 e. The van der Waals surface area contributed by atoms with Crippen molar-refractivity contribution in [2.45, 2.75) is 19.2 Å². The van der Waals surface area contributed by atoms with Gasteiger partial charge in [-0.3, -0.25) is 0 Å². The van der Waals surface area contributed by atoms with Gasteiger partial charge in [-0.1, -0.05) is 0 Å². The number of rotatable bonds is 5. The van der Waals surface area contributed by atoms with Crippen LogP contribution in [0.1, 0.15) is 12.1 Å². The number of nitrogens with zero attached hydrogens (tertiary/aromatic N) is 3. The summed E-state index contributed by atoms with van der Waals surface area (Å²) in [6.07, 6.45) is -5.31. The zero-order chi connectivity index (χ0) is 13.1. The third-order valence-corrected chi connectivity index (χ3v) is 1.93. The minimum absolute atomic E-state index is 0.145. The lowest BCUT2D eigenvalue weighted by Gasteiger charge is -2.06. The Morgan fingerprint density at radius 3 is 2.71 bits per heavy atom. The van der Waals surface area contributed by atoms with Gasteiger partial charge in [0.2, 0.25) is 0 Å². The number of hydrogen-bond acceptors (Lipinski definition) is 4. The van der Waals surface area contributed by atoms with E-state index in [1.54, 1.807) is 0 Å². The first-order valence-corrected chi connectivity index (χ1v) is 4.61. The van der Waals surface area contributed by atoms with Crippen molar-refractivity contribution < 1.29 is 22.8 Å². The fraction of sp³-hybridized carbons (Fsp3) is 0.625. The molecule has 0 N–H and O–H groups in total. The first-order chi connectivity index (χ1) is 7.79. The van der Waals surface area contributed by atoms with Crippen LogP contribution in [0.2, 0.25) is 0 Å². The topological polar surface area (TPSA) is 70.2 Å². The number of alkyl halides is 3. The fourth-order valence-electron chi connectivity index (χ4n) is 1.08. The zero-order valence-corrected chi connectivity index (χ0v) is 8.90. The van der Waals surface area contributed by atoms with Gasteiger partial charge in [0.05, 0.1) is 43.5 Å². The third kappa shape index (κ3) is 4.39. The summed E-state index contributed by atoms with van der Waals surface area (Å²) in [4.78, 5) is 9.69. The Bertz CT molecular complexity index is 402. The molecule has 96 valence electrons. The Kier molecular flexibility index (Phi) is 4.05. The Morgan fingerprint density at radius 2 is 2.24 bits per heavy atom. The van der Waals surface area contributed by atoms with E-state index in [-0.39, 0.29) is 12.4 Å². The Balaban J connectivity index is 2.44. The molecule has 0 aliphatic carbocycles. The van der Waals surface area contributed by atoms with Crippen molar-refractivity contribution in [1.29, 1.82) is 0 Å². The molecule has 0 spiro atoms. The maximum absolute atomic E-state index is 11.8. The van der Waals surface area contributed by atoms with Gasteiger partial charge in [-0.2, -0.15) is 17.9 Å². The normalized spacial score (nSPS) is 11.8. The van der Waals surface area contributed by atoms with Gasteiger partial charge in [0.1, 0.15) is 0 Å². The Hall–Kier alpha value is -1.64. The van der Waals surface area contributed by atoms with Crippen molar-refractivity contribution >= 4 is 5.82 Å². The molecule has 9 heteroatoms. The van der Waals surface area contributed by atoms with Gasteiger partial charge in [-0.25, -0.2) is 0 Å². The number of nitro groups is 1. The second-order valence-corrected chi connectivity index (χ2v) is 3.29. The summed E-state index contributed by atoms with van der Waals surface area (Å²) in [5.74, 6) is -0.359. The van der Waals surface area contributed by atoms with Gasteiger partial charge in [0, 0.05) is 0 Å². The van der Waals surface area contributed by atoms with Crippen LogP contribution in [0.3, 0.4) is 0 Å². The summed E-state index contributed by atoms with van der Waals surface area (Å²) in [5, 5.41) is 13.9. The van der Waals surface area contributed by atoms with E-state index in [9.17, 15) is 23.3 Å². The molecule has 1 aromatic rings. The second-order valence-electron chi connectivity index (χ2n) is 3.29. The van der Waals surface area contributed by atoms with Crippen molar-refractivity contribution in [3.05, 3.63) is 21.9 Å². The molecule has 1 rings (SSSR count). The van der Waals surface area contributed by atoms with Crippen LogP contribution >= 0.6 is 0 Å². The lowest BCUT2D eigenvalue weighted by Crippen LogP contribution is -2.12. The van der Waals surface area contributed by atoms with Crippen molar-refractivity contribution in [2.75, 3.05) is 6.61 Å². The first-order valence-electron chi connectivity index (χ1n) is 4.61. The summed E-state index contributed by atoms with van der Waals surface area (Å²) in [5.41, 5.74) is 0.346. The number of aromatic nitrogens is 2. The SMILES string of the molecule is Cn1nc([N+](=O)[O-])cc1COCCC(F)(F)F. The summed E-state index contributed by atoms with van der Waals surface area (Å²) in [7, 11) is 1.45. The van der Waals surface area contributed by atoms with E-state index in [1.807, 2.05) is 0 Å². The molecule has 0 bridgehead atoms. The average Bonchev–Trinajstić information content (AvgIpc) is 2.54. The molecular formula is C8H10F3N3O3. The molecule has 1 heterocycles. The summed E-state index contributed by atoms with van der Waals surface area (Å²) >= 11 is 0. The summed E-state index contributed by atoms with van der Waals surface area (Å²) < 4.78 is 41.3. The van der Waals surface area contributed by atoms with Crippen LogP contribution in [0.15, 0.2) is 6.07 Å². The highest BCUT2D eigenvalue weighted by atomic mass is 19.4. The molecule has 0 atom stereocenters. The minimum atomic E-state index is -4.27. The highest BCUT2D eigenvalue weighted by Crippen LogP contribution is 2.19. The Labute approximate surface area is 94.1 Å². The predicted octanol–water partition coefficient (Wildman–Crippen LogP) is 1.80. The maximum atomic E-state index is 11.8. The van der Waals surface area contributed by atoms with Gasteiger partial charge in [-0.05, 0) is 4.92 Å². The third-order valence-electron chi connectivity index (χ3n) is 1.93. The molecule has 0 saturated carbocycles. The van der Waals surface area contributed by atoms with E-state index in [0.29, 0.717) is 5.69 Å². The quantitative estimate of drug-likeness (QED) is 0.455. The summed E-state index contributed by atoms with van der Waals surface area (Å²) in [6.45, 7) is -0.629. The lowest BCUT2D eigenvalue weighted by atomic mass is 10.4. The van der Waals surface area contributed by atoms with Gasteiger partial charge in [0.15, 0.2) is 0 Å². The standard InChI is InChI=1S/C8H10F3N3O3/c1-13-6(4-7(12-13)14(15)16)5-17-3-2-8(9,10)11/h4H,2-3,5H2,1H3. The monoisotopic (exact) mass is 253 g/mol. The van der Waals surface area contributed by atoms with Crippen molar-refractivity contribution in [3.63, 3.8) is 0 Å². The highest BCUT2D eigenvalue weighted by Gasteiger charge is 2.26. The van der Waals surface area contributed by atoms with E-state index in [0.717, 1.165) is 6.07 Å². The van der Waals surface area contributed by atoms with Crippen LogP contribution in [0.4, 0.5) is 19.0 Å². The van der Waals surface area contributed by atoms with Crippen LogP contribution in [0.25, 0.3) is 0 Å². The van der Waals surface area contributed by atoms with E-state index in [2.05, 4.69) is 5.10 Å². The van der Waals surface area contributed by atoms with Crippen molar-refractivity contribution in [2.24, 2.45) is 7.05 Å². The van der Waals surface area contributed by atoms with E-state index >= 15 is 0 Å². The maximum Gasteiger partial charge on any atom is 0.391 e.